The van der Waals surface area contributed by atoms with Gasteiger partial charge < -0.3 is 10.1 Å². The molecule has 3 atom stereocenters. The van der Waals surface area contributed by atoms with Crippen LogP contribution in [0.5, 0.6) is 0 Å². The van der Waals surface area contributed by atoms with Crippen molar-refractivity contribution in [3.05, 3.63) is 0 Å². The molecule has 0 amide bonds. The van der Waals surface area contributed by atoms with Crippen LogP contribution in [-0.4, -0.2) is 25.7 Å². The number of hydrogen-bond donors (Lipinski definition) is 1. The minimum Gasteiger partial charge on any atom is -0.466 e. The molecule has 3 aliphatic rings. The Morgan fingerprint density at radius 3 is 2.67 bits per heavy atom. The Labute approximate surface area is 72.5 Å². The summed E-state index contributed by atoms with van der Waals surface area (Å²) in [6, 6.07) is 0. The van der Waals surface area contributed by atoms with Gasteiger partial charge in [0.1, 0.15) is 0 Å². The minimum absolute atomic E-state index is 0.0280. The van der Waals surface area contributed by atoms with Gasteiger partial charge >= 0.3 is 5.97 Å². The molecule has 0 aromatic heterocycles. The van der Waals surface area contributed by atoms with Crippen LogP contribution >= 0.6 is 0 Å². The number of hydrogen-bond acceptors (Lipinski definition) is 3. The summed E-state index contributed by atoms with van der Waals surface area (Å²) < 4.78 is 5.02. The first kappa shape index (κ1) is 8.05. The predicted octanol–water partition coefficient (Wildman–Crippen LogP) is 0.405. The first-order chi connectivity index (χ1) is 5.83. The zero-order valence-corrected chi connectivity index (χ0v) is 7.38. The molecule has 2 bridgehead atoms. The fraction of sp³-hybridized carbons (Fsp3) is 0.889. The molecule has 0 aromatic rings. The number of esters is 1. The van der Waals surface area contributed by atoms with Gasteiger partial charge in [0.25, 0.3) is 0 Å². The average Bonchev–Trinajstić information content (AvgIpc) is 2.05. The van der Waals surface area contributed by atoms with E-state index in [1.165, 1.54) is 6.42 Å². The third kappa shape index (κ3) is 1.12. The Morgan fingerprint density at radius 1 is 1.50 bits per heavy atom. The molecule has 2 saturated heterocycles. The summed E-state index contributed by atoms with van der Waals surface area (Å²) in [5, 5.41) is 3.30. The zero-order chi connectivity index (χ0) is 8.55. The molecule has 3 heteroatoms. The molecule has 0 spiro atoms. The molecule has 3 rings (SSSR count). The molecule has 68 valence electrons. The SMILES string of the molecule is CCOC(=O)C1[C@@H]2CNC[C@H]1C2. The van der Waals surface area contributed by atoms with Gasteiger partial charge in [-0.2, -0.15) is 0 Å². The van der Waals surface area contributed by atoms with Crippen molar-refractivity contribution in [2.75, 3.05) is 19.7 Å². The number of carbonyl (C=O) groups excluding carboxylic acids is 1. The smallest absolute Gasteiger partial charge is 0.309 e. The highest BCUT2D eigenvalue weighted by Crippen LogP contribution is 2.43. The maximum absolute atomic E-state index is 11.4. The molecular weight excluding hydrogens is 154 g/mol. The van der Waals surface area contributed by atoms with E-state index in [-0.39, 0.29) is 11.9 Å². The van der Waals surface area contributed by atoms with Gasteiger partial charge in [-0.25, -0.2) is 0 Å². The summed E-state index contributed by atoms with van der Waals surface area (Å²) in [4.78, 5) is 11.4. The van der Waals surface area contributed by atoms with E-state index in [0.29, 0.717) is 18.4 Å². The summed E-state index contributed by atoms with van der Waals surface area (Å²) in [6.45, 7) is 4.38. The molecular formula is C9H15NO2. The normalized spacial score (nSPS) is 38.6. The molecule has 0 radical (unpaired) electrons. The Bertz CT molecular complexity index is 179. The summed E-state index contributed by atoms with van der Waals surface area (Å²) in [5.74, 6) is 1.36. The fourth-order valence-corrected chi connectivity index (χ4v) is 2.37. The van der Waals surface area contributed by atoms with E-state index >= 15 is 0 Å². The molecule has 2 aliphatic heterocycles. The second kappa shape index (κ2) is 3.05. The molecule has 12 heavy (non-hydrogen) atoms. The van der Waals surface area contributed by atoms with Crippen LogP contribution in [0.25, 0.3) is 0 Å². The van der Waals surface area contributed by atoms with Crippen molar-refractivity contribution in [1.29, 1.82) is 0 Å². The highest BCUT2D eigenvalue weighted by Gasteiger charge is 2.48. The molecule has 2 heterocycles. The van der Waals surface area contributed by atoms with Crippen molar-refractivity contribution in [3.8, 4) is 0 Å². The van der Waals surface area contributed by atoms with Crippen LogP contribution in [-0.2, 0) is 9.53 Å². The van der Waals surface area contributed by atoms with Crippen LogP contribution in [0.3, 0.4) is 0 Å². The van der Waals surface area contributed by atoms with Crippen molar-refractivity contribution < 1.29 is 9.53 Å². The molecule has 3 nitrogen and oxygen atoms in total. The maximum atomic E-state index is 11.4. The topological polar surface area (TPSA) is 38.3 Å². The van der Waals surface area contributed by atoms with Gasteiger partial charge in [-0.15, -0.1) is 0 Å². The lowest BCUT2D eigenvalue weighted by molar-refractivity contribution is -0.160. The van der Waals surface area contributed by atoms with Gasteiger partial charge in [0.2, 0.25) is 0 Å². The van der Waals surface area contributed by atoms with Gasteiger partial charge in [-0.3, -0.25) is 4.79 Å². The average molecular weight is 169 g/mol. The number of nitrogens with one attached hydrogen (secondary N) is 1. The fourth-order valence-electron chi connectivity index (χ4n) is 2.37. The van der Waals surface area contributed by atoms with E-state index < -0.39 is 0 Å². The van der Waals surface area contributed by atoms with Crippen LogP contribution in [0.2, 0.25) is 0 Å². The van der Waals surface area contributed by atoms with E-state index in [1.807, 2.05) is 6.92 Å². The maximum Gasteiger partial charge on any atom is 0.309 e. The van der Waals surface area contributed by atoms with Crippen LogP contribution in [0, 0.1) is 17.8 Å². The third-order valence-electron chi connectivity index (χ3n) is 2.99. The first-order valence-electron chi connectivity index (χ1n) is 4.70. The van der Waals surface area contributed by atoms with Crippen LogP contribution in [0.1, 0.15) is 13.3 Å². The Hall–Kier alpha value is -0.570. The quantitative estimate of drug-likeness (QED) is 0.608. The largest absolute Gasteiger partial charge is 0.466 e. The summed E-state index contributed by atoms with van der Waals surface area (Å²) in [6.07, 6.45) is 1.22. The van der Waals surface area contributed by atoms with Crippen LogP contribution in [0.15, 0.2) is 0 Å². The predicted molar refractivity (Wildman–Crippen MR) is 44.6 cm³/mol. The first-order valence-corrected chi connectivity index (χ1v) is 4.70. The number of fused-ring (bicyclic) bond motifs is 2. The van der Waals surface area contributed by atoms with Crippen molar-refractivity contribution in [3.63, 3.8) is 0 Å². The van der Waals surface area contributed by atoms with Gasteiger partial charge in [-0.1, -0.05) is 0 Å². The second-order valence-electron chi connectivity index (χ2n) is 3.69. The van der Waals surface area contributed by atoms with Crippen molar-refractivity contribution >= 4 is 5.97 Å². The van der Waals surface area contributed by atoms with E-state index in [2.05, 4.69) is 5.32 Å². The molecule has 1 aliphatic carbocycles. The highest BCUT2D eigenvalue weighted by molar-refractivity contribution is 5.74. The molecule has 1 N–H and O–H groups in total. The lowest BCUT2D eigenvalue weighted by Crippen LogP contribution is -2.56. The van der Waals surface area contributed by atoms with Gasteiger partial charge in [-0.05, 0) is 38.3 Å². The Kier molecular flexibility index (Phi) is 2.05. The van der Waals surface area contributed by atoms with Gasteiger partial charge in [0, 0.05) is 0 Å². The van der Waals surface area contributed by atoms with Gasteiger partial charge in [0.15, 0.2) is 0 Å². The molecule has 0 aromatic carbocycles. The van der Waals surface area contributed by atoms with E-state index in [4.69, 9.17) is 4.74 Å². The lowest BCUT2D eigenvalue weighted by Gasteiger charge is -2.47. The van der Waals surface area contributed by atoms with E-state index in [9.17, 15) is 4.79 Å². The van der Waals surface area contributed by atoms with Crippen LogP contribution < -0.4 is 5.32 Å². The Morgan fingerprint density at radius 2 is 2.17 bits per heavy atom. The van der Waals surface area contributed by atoms with E-state index in [1.54, 1.807) is 0 Å². The summed E-state index contributed by atoms with van der Waals surface area (Å²) in [5.41, 5.74) is 0. The summed E-state index contributed by atoms with van der Waals surface area (Å²) in [7, 11) is 0. The second-order valence-corrected chi connectivity index (χ2v) is 3.69. The number of ether oxygens (including phenoxy) is 1. The molecule has 1 saturated carbocycles. The Balaban J connectivity index is 1.92. The van der Waals surface area contributed by atoms with Crippen molar-refractivity contribution in [1.82, 2.24) is 5.32 Å². The van der Waals surface area contributed by atoms with Crippen molar-refractivity contribution in [2.45, 2.75) is 13.3 Å². The standard InChI is InChI=1S/C9H15NO2/c1-2-12-9(11)8-6-3-7(8)5-10-4-6/h6-8,10H,2-5H2,1H3/t6-,7+,8?. The number of carbonyl (C=O) groups is 1. The van der Waals surface area contributed by atoms with Crippen LogP contribution in [0.4, 0.5) is 0 Å². The lowest BCUT2D eigenvalue weighted by atomic mass is 9.62. The van der Waals surface area contributed by atoms with Crippen molar-refractivity contribution in [2.24, 2.45) is 17.8 Å². The zero-order valence-electron chi connectivity index (χ0n) is 7.38. The molecule has 1 unspecified atom stereocenters. The van der Waals surface area contributed by atoms with Gasteiger partial charge in [0.05, 0.1) is 12.5 Å². The minimum atomic E-state index is 0.0280. The monoisotopic (exact) mass is 169 g/mol. The summed E-state index contributed by atoms with van der Waals surface area (Å²) >= 11 is 0. The number of rotatable bonds is 2. The third-order valence-corrected chi connectivity index (χ3v) is 2.99. The highest BCUT2D eigenvalue weighted by atomic mass is 16.5. The molecule has 3 fully saturated rings. The number of piperidine rings is 2. The van der Waals surface area contributed by atoms with E-state index in [0.717, 1.165) is 13.1 Å².